The Bertz CT molecular complexity index is 340. The molecule has 0 aliphatic carbocycles. The van der Waals surface area contributed by atoms with Gasteiger partial charge in [0, 0.05) is 39.9 Å². The summed E-state index contributed by atoms with van der Waals surface area (Å²) in [5.41, 5.74) is 0. The van der Waals surface area contributed by atoms with Crippen LogP contribution in [0.3, 0.4) is 0 Å². The number of piperidine rings is 1. The quantitative estimate of drug-likeness (QED) is 0.221. The largest absolute Gasteiger partial charge is 0.466 e. The summed E-state index contributed by atoms with van der Waals surface area (Å²) in [6.07, 6.45) is 2.80. The van der Waals surface area contributed by atoms with Gasteiger partial charge in [-0.25, -0.2) is 0 Å². The third-order valence-electron chi connectivity index (χ3n) is 3.44. The van der Waals surface area contributed by atoms with Gasteiger partial charge in [0.2, 0.25) is 0 Å². The van der Waals surface area contributed by atoms with Crippen molar-refractivity contribution in [2.75, 3.05) is 46.5 Å². The minimum absolute atomic E-state index is 0. The summed E-state index contributed by atoms with van der Waals surface area (Å²) < 4.78 is 10.2. The van der Waals surface area contributed by atoms with Gasteiger partial charge in [0.15, 0.2) is 5.96 Å². The molecule has 0 amide bonds. The van der Waals surface area contributed by atoms with Gasteiger partial charge in [-0.3, -0.25) is 9.79 Å². The third kappa shape index (κ3) is 7.62. The smallest absolute Gasteiger partial charge is 0.310 e. The van der Waals surface area contributed by atoms with Gasteiger partial charge >= 0.3 is 5.97 Å². The van der Waals surface area contributed by atoms with Crippen LogP contribution in [0.2, 0.25) is 0 Å². The second-order valence-electron chi connectivity index (χ2n) is 5.12. The van der Waals surface area contributed by atoms with Crippen molar-refractivity contribution in [1.82, 2.24) is 10.2 Å². The van der Waals surface area contributed by atoms with Crippen LogP contribution in [0.5, 0.6) is 0 Å². The molecular formula is C15H30IN3O3. The van der Waals surface area contributed by atoms with Gasteiger partial charge in [-0.15, -0.1) is 24.0 Å². The van der Waals surface area contributed by atoms with E-state index in [0.717, 1.165) is 44.9 Å². The fourth-order valence-electron chi connectivity index (χ4n) is 2.44. The number of nitrogens with one attached hydrogen (secondary N) is 1. The molecule has 0 radical (unpaired) electrons. The molecule has 1 aliphatic rings. The van der Waals surface area contributed by atoms with Crippen molar-refractivity contribution in [2.24, 2.45) is 10.9 Å². The summed E-state index contributed by atoms with van der Waals surface area (Å²) in [7, 11) is 1.70. The first kappa shape index (κ1) is 21.4. The fourth-order valence-corrected chi connectivity index (χ4v) is 2.44. The molecule has 0 aromatic heterocycles. The van der Waals surface area contributed by atoms with E-state index in [1.54, 1.807) is 7.11 Å². The van der Waals surface area contributed by atoms with Crippen molar-refractivity contribution in [3.63, 3.8) is 0 Å². The number of aliphatic imine (C=N–C) groups is 1. The van der Waals surface area contributed by atoms with Crippen molar-refractivity contribution >= 4 is 35.9 Å². The van der Waals surface area contributed by atoms with Crippen LogP contribution < -0.4 is 5.32 Å². The summed E-state index contributed by atoms with van der Waals surface area (Å²) in [6.45, 7) is 8.24. The number of rotatable bonds is 7. The zero-order valence-corrected chi connectivity index (χ0v) is 16.3. The van der Waals surface area contributed by atoms with Crippen molar-refractivity contribution in [3.8, 4) is 0 Å². The van der Waals surface area contributed by atoms with Gasteiger partial charge in [0.25, 0.3) is 0 Å². The average Bonchev–Trinajstić information content (AvgIpc) is 2.51. The fraction of sp³-hybridized carbons (Fsp3) is 0.867. The van der Waals surface area contributed by atoms with Gasteiger partial charge in [0.1, 0.15) is 0 Å². The van der Waals surface area contributed by atoms with Crippen molar-refractivity contribution in [3.05, 3.63) is 0 Å². The Kier molecular flexibility index (Phi) is 12.6. The Hall–Kier alpha value is -0.570. The number of likely N-dealkylation sites (tertiary alicyclic amines) is 1. The number of methoxy groups -OCH3 is 1. The maximum Gasteiger partial charge on any atom is 0.310 e. The van der Waals surface area contributed by atoms with Gasteiger partial charge in [0.05, 0.1) is 12.5 Å². The van der Waals surface area contributed by atoms with E-state index in [-0.39, 0.29) is 35.9 Å². The first-order valence-corrected chi connectivity index (χ1v) is 7.91. The minimum Gasteiger partial charge on any atom is -0.466 e. The molecule has 1 saturated heterocycles. The lowest BCUT2D eigenvalue weighted by Crippen LogP contribution is -2.48. The van der Waals surface area contributed by atoms with Gasteiger partial charge < -0.3 is 19.7 Å². The number of carbonyl (C=O) groups is 1. The molecule has 0 aromatic rings. The molecule has 1 N–H and O–H groups in total. The first-order chi connectivity index (χ1) is 10.2. The minimum atomic E-state index is -0.0857. The van der Waals surface area contributed by atoms with Crippen LogP contribution in [0.4, 0.5) is 0 Å². The summed E-state index contributed by atoms with van der Waals surface area (Å²) in [6, 6.07) is 0. The predicted octanol–water partition coefficient (Wildman–Crippen LogP) is 1.88. The van der Waals surface area contributed by atoms with E-state index in [2.05, 4.69) is 22.1 Å². The first-order valence-electron chi connectivity index (χ1n) is 7.91. The molecule has 6 nitrogen and oxygen atoms in total. The highest BCUT2D eigenvalue weighted by Gasteiger charge is 2.28. The zero-order chi connectivity index (χ0) is 15.5. The summed E-state index contributed by atoms with van der Waals surface area (Å²) in [4.78, 5) is 18.7. The second kappa shape index (κ2) is 12.9. The molecule has 1 rings (SSSR count). The van der Waals surface area contributed by atoms with Crippen LogP contribution in [-0.4, -0.2) is 63.3 Å². The van der Waals surface area contributed by atoms with Gasteiger partial charge in [-0.05, 0) is 33.1 Å². The summed E-state index contributed by atoms with van der Waals surface area (Å²) in [5, 5.41) is 3.30. The number of esters is 1. The molecule has 7 heteroatoms. The zero-order valence-electron chi connectivity index (χ0n) is 14.0. The van der Waals surface area contributed by atoms with Gasteiger partial charge in [-0.2, -0.15) is 0 Å². The molecule has 1 heterocycles. The van der Waals surface area contributed by atoms with Crippen molar-refractivity contribution in [2.45, 2.75) is 33.1 Å². The van der Waals surface area contributed by atoms with E-state index < -0.39 is 0 Å². The van der Waals surface area contributed by atoms with Crippen LogP contribution in [-0.2, 0) is 14.3 Å². The SMILES string of the molecule is CCNC(=NCCCOC)N1CCCC(C(=O)OCC)C1.I. The van der Waals surface area contributed by atoms with Crippen LogP contribution in [0.15, 0.2) is 4.99 Å². The Morgan fingerprint density at radius 1 is 1.41 bits per heavy atom. The average molecular weight is 427 g/mol. The van der Waals surface area contributed by atoms with E-state index in [0.29, 0.717) is 19.8 Å². The summed E-state index contributed by atoms with van der Waals surface area (Å²) >= 11 is 0. The van der Waals surface area contributed by atoms with E-state index in [9.17, 15) is 4.79 Å². The normalized spacial score (nSPS) is 18.6. The topological polar surface area (TPSA) is 63.2 Å². The summed E-state index contributed by atoms with van der Waals surface area (Å²) in [5.74, 6) is 0.765. The Labute approximate surface area is 151 Å². The number of carbonyl (C=O) groups excluding carboxylic acids is 1. The van der Waals surface area contributed by atoms with Gasteiger partial charge in [-0.1, -0.05) is 0 Å². The molecular weight excluding hydrogens is 397 g/mol. The number of guanidine groups is 1. The monoisotopic (exact) mass is 427 g/mol. The lowest BCUT2D eigenvalue weighted by Gasteiger charge is -2.34. The molecule has 0 saturated carbocycles. The molecule has 1 atom stereocenters. The molecule has 1 aliphatic heterocycles. The molecule has 0 aromatic carbocycles. The maximum atomic E-state index is 11.9. The highest BCUT2D eigenvalue weighted by atomic mass is 127. The van der Waals surface area contributed by atoms with E-state index in [1.165, 1.54) is 0 Å². The number of halogens is 1. The van der Waals surface area contributed by atoms with Crippen LogP contribution in [0.25, 0.3) is 0 Å². The third-order valence-corrected chi connectivity index (χ3v) is 3.44. The Balaban J connectivity index is 0.00000441. The van der Waals surface area contributed by atoms with Crippen LogP contribution >= 0.6 is 24.0 Å². The number of ether oxygens (including phenoxy) is 2. The Morgan fingerprint density at radius 2 is 2.18 bits per heavy atom. The number of hydrogen-bond donors (Lipinski definition) is 1. The predicted molar refractivity (Wildman–Crippen MR) is 98.8 cm³/mol. The second-order valence-corrected chi connectivity index (χ2v) is 5.12. The van der Waals surface area contributed by atoms with E-state index in [1.807, 2.05) is 6.92 Å². The number of nitrogens with zero attached hydrogens (tertiary/aromatic N) is 2. The van der Waals surface area contributed by atoms with Crippen LogP contribution in [0, 0.1) is 5.92 Å². The highest BCUT2D eigenvalue weighted by Crippen LogP contribution is 2.18. The van der Waals surface area contributed by atoms with E-state index in [4.69, 9.17) is 9.47 Å². The van der Waals surface area contributed by atoms with Crippen molar-refractivity contribution < 1.29 is 14.3 Å². The molecule has 130 valence electrons. The lowest BCUT2D eigenvalue weighted by molar-refractivity contribution is -0.149. The molecule has 0 spiro atoms. The standard InChI is InChI=1S/C15H29N3O3.HI/c1-4-16-15(17-9-7-11-20-3)18-10-6-8-13(12-18)14(19)21-5-2;/h13H,4-12H2,1-3H3,(H,16,17);1H. The lowest BCUT2D eigenvalue weighted by atomic mass is 9.98. The number of hydrogen-bond acceptors (Lipinski definition) is 4. The highest BCUT2D eigenvalue weighted by molar-refractivity contribution is 14.0. The van der Waals surface area contributed by atoms with Crippen LogP contribution in [0.1, 0.15) is 33.1 Å². The molecule has 1 unspecified atom stereocenters. The molecule has 1 fully saturated rings. The maximum absolute atomic E-state index is 11.9. The molecule has 22 heavy (non-hydrogen) atoms. The van der Waals surface area contributed by atoms with E-state index >= 15 is 0 Å². The molecule has 0 bridgehead atoms. The Morgan fingerprint density at radius 3 is 2.82 bits per heavy atom. The van der Waals surface area contributed by atoms with Crippen molar-refractivity contribution in [1.29, 1.82) is 0 Å².